The highest BCUT2D eigenvalue weighted by Crippen LogP contribution is 2.42. The van der Waals surface area contributed by atoms with Crippen LogP contribution in [-0.4, -0.2) is 15.6 Å². The molecule has 1 aliphatic carbocycles. The lowest BCUT2D eigenvalue weighted by molar-refractivity contribution is -0.138. The lowest BCUT2D eigenvalue weighted by atomic mass is 9.84. The Labute approximate surface area is 170 Å². The monoisotopic (exact) mass is 421 g/mol. The molecule has 0 spiro atoms. The largest absolute Gasteiger partial charge is 0.481 e. The second kappa shape index (κ2) is 7.41. The predicted octanol–water partition coefficient (Wildman–Crippen LogP) is 6.26. The maximum atomic E-state index is 13.3. The minimum atomic E-state index is -4.42. The second-order valence-electron chi connectivity index (χ2n) is 7.49. The highest BCUT2D eigenvalue weighted by Gasteiger charge is 2.33. The number of carboxylic acid groups (broad SMARTS) is 1. The smallest absolute Gasteiger partial charge is 0.416 e. The number of benzene rings is 2. The van der Waals surface area contributed by atoms with Crippen molar-refractivity contribution < 1.29 is 23.1 Å². The summed E-state index contributed by atoms with van der Waals surface area (Å²) in [5, 5.41) is 10.5. The molecule has 1 aromatic heterocycles. The second-order valence-corrected chi connectivity index (χ2v) is 7.93. The summed E-state index contributed by atoms with van der Waals surface area (Å²) in [6, 6.07) is 11.1. The predicted molar refractivity (Wildman–Crippen MR) is 105 cm³/mol. The number of aryl methyl sites for hydroxylation is 1. The first-order valence-electron chi connectivity index (χ1n) is 9.42. The summed E-state index contributed by atoms with van der Waals surface area (Å²) in [5.74, 6) is -1.12. The van der Waals surface area contributed by atoms with Crippen LogP contribution in [0.5, 0.6) is 0 Å². The average Bonchev–Trinajstić information content (AvgIpc) is 2.97. The van der Waals surface area contributed by atoms with Gasteiger partial charge in [-0.15, -0.1) is 0 Å². The van der Waals surface area contributed by atoms with E-state index in [-0.39, 0.29) is 12.3 Å². The summed E-state index contributed by atoms with van der Waals surface area (Å²) in [4.78, 5) is 11.4. The van der Waals surface area contributed by atoms with Gasteiger partial charge in [0.1, 0.15) is 0 Å². The Morgan fingerprint density at radius 3 is 2.55 bits per heavy atom. The molecule has 0 bridgehead atoms. The summed E-state index contributed by atoms with van der Waals surface area (Å²) in [6.07, 6.45) is -2.33. The van der Waals surface area contributed by atoms with Crippen molar-refractivity contribution in [2.24, 2.45) is 0 Å². The number of fused-ring (bicyclic) bond motifs is 3. The van der Waals surface area contributed by atoms with Gasteiger partial charge in [-0.2, -0.15) is 13.2 Å². The molecule has 4 rings (SSSR count). The number of hydrogen-bond donors (Lipinski definition) is 1. The fourth-order valence-corrected chi connectivity index (χ4v) is 4.49. The molecule has 1 N–H and O–H groups in total. The number of aromatic nitrogens is 1. The van der Waals surface area contributed by atoms with Crippen LogP contribution >= 0.6 is 11.6 Å². The zero-order valence-corrected chi connectivity index (χ0v) is 16.2. The van der Waals surface area contributed by atoms with Crippen molar-refractivity contribution in [3.05, 3.63) is 69.9 Å². The standard InChI is InChI=1S/C22H19ClF3NO2/c23-16-7-4-13(5-8-16)12-27-19-9-6-15(22(24,25)26)11-18(19)17-3-1-2-14(21(17)27)10-20(28)29/h4-9,11,14H,1-3,10,12H2,(H,28,29). The Morgan fingerprint density at radius 1 is 1.17 bits per heavy atom. The minimum Gasteiger partial charge on any atom is -0.481 e. The van der Waals surface area contributed by atoms with Crippen LogP contribution in [0.4, 0.5) is 13.2 Å². The van der Waals surface area contributed by atoms with Crippen LogP contribution in [-0.2, 0) is 23.9 Å². The Balaban J connectivity index is 1.91. The zero-order valence-electron chi connectivity index (χ0n) is 15.5. The minimum absolute atomic E-state index is 0.0317. The lowest BCUT2D eigenvalue weighted by Crippen LogP contribution is -2.17. The number of alkyl halides is 3. The average molecular weight is 422 g/mol. The van der Waals surface area contributed by atoms with E-state index in [1.54, 1.807) is 12.1 Å². The van der Waals surface area contributed by atoms with Gasteiger partial charge in [-0.3, -0.25) is 4.79 Å². The molecule has 0 saturated heterocycles. The van der Waals surface area contributed by atoms with Crippen LogP contribution in [0.25, 0.3) is 10.9 Å². The summed E-state index contributed by atoms with van der Waals surface area (Å²) in [5.41, 5.74) is 2.67. The van der Waals surface area contributed by atoms with E-state index in [1.807, 2.05) is 16.7 Å². The third-order valence-electron chi connectivity index (χ3n) is 5.58. The maximum Gasteiger partial charge on any atom is 0.416 e. The molecule has 1 atom stereocenters. The van der Waals surface area contributed by atoms with Gasteiger partial charge in [-0.1, -0.05) is 23.7 Å². The van der Waals surface area contributed by atoms with Crippen LogP contribution in [0.1, 0.15) is 47.6 Å². The first-order valence-corrected chi connectivity index (χ1v) is 9.80. The van der Waals surface area contributed by atoms with Gasteiger partial charge in [0.05, 0.1) is 12.0 Å². The molecule has 1 heterocycles. The highest BCUT2D eigenvalue weighted by molar-refractivity contribution is 6.30. The normalized spacial score (nSPS) is 16.8. The molecule has 0 amide bonds. The molecule has 0 radical (unpaired) electrons. The molecule has 29 heavy (non-hydrogen) atoms. The molecule has 0 aliphatic heterocycles. The number of nitrogens with zero attached hydrogens (tertiary/aromatic N) is 1. The van der Waals surface area contributed by atoms with Gasteiger partial charge < -0.3 is 9.67 Å². The molecule has 1 aliphatic rings. The molecule has 1 unspecified atom stereocenters. The maximum absolute atomic E-state index is 13.3. The molecule has 3 aromatic rings. The topological polar surface area (TPSA) is 42.2 Å². The first kappa shape index (κ1) is 19.8. The number of carboxylic acids is 1. The number of rotatable bonds is 4. The van der Waals surface area contributed by atoms with E-state index in [1.165, 1.54) is 12.1 Å². The van der Waals surface area contributed by atoms with Crippen LogP contribution in [0, 0.1) is 0 Å². The SMILES string of the molecule is O=C(O)CC1CCCc2c1n(Cc1ccc(Cl)cc1)c1ccc(C(F)(F)F)cc21. The Morgan fingerprint density at radius 2 is 1.90 bits per heavy atom. The fraction of sp³-hybridized carbons (Fsp3) is 0.318. The summed E-state index contributed by atoms with van der Waals surface area (Å²) in [6.45, 7) is 0.449. The van der Waals surface area contributed by atoms with E-state index >= 15 is 0 Å². The van der Waals surface area contributed by atoms with Crippen molar-refractivity contribution in [1.29, 1.82) is 0 Å². The van der Waals surface area contributed by atoms with E-state index in [0.29, 0.717) is 35.3 Å². The number of hydrogen-bond acceptors (Lipinski definition) is 1. The van der Waals surface area contributed by atoms with Gasteiger partial charge in [0, 0.05) is 34.1 Å². The molecule has 0 fully saturated rings. The fourth-order valence-electron chi connectivity index (χ4n) is 4.36. The van der Waals surface area contributed by atoms with Gasteiger partial charge >= 0.3 is 12.1 Å². The molecule has 3 nitrogen and oxygen atoms in total. The van der Waals surface area contributed by atoms with E-state index in [0.717, 1.165) is 29.3 Å². The Hall–Kier alpha value is -2.47. The van der Waals surface area contributed by atoms with E-state index < -0.39 is 17.7 Å². The van der Waals surface area contributed by atoms with E-state index in [4.69, 9.17) is 11.6 Å². The molecule has 0 saturated carbocycles. The van der Waals surface area contributed by atoms with Crippen molar-refractivity contribution in [3.63, 3.8) is 0 Å². The van der Waals surface area contributed by atoms with Crippen LogP contribution in [0.2, 0.25) is 5.02 Å². The summed E-state index contributed by atoms with van der Waals surface area (Å²) in [7, 11) is 0. The van der Waals surface area contributed by atoms with Gasteiger partial charge in [0.2, 0.25) is 0 Å². The van der Waals surface area contributed by atoms with Crippen molar-refractivity contribution >= 4 is 28.5 Å². The highest BCUT2D eigenvalue weighted by atomic mass is 35.5. The quantitative estimate of drug-likeness (QED) is 0.540. The van der Waals surface area contributed by atoms with E-state index in [2.05, 4.69) is 0 Å². The first-order chi connectivity index (χ1) is 13.7. The molecular formula is C22H19ClF3NO2. The van der Waals surface area contributed by atoms with Crippen LogP contribution < -0.4 is 0 Å². The summed E-state index contributed by atoms with van der Waals surface area (Å²) < 4.78 is 41.9. The van der Waals surface area contributed by atoms with Crippen LogP contribution in [0.3, 0.4) is 0 Å². The van der Waals surface area contributed by atoms with Crippen molar-refractivity contribution in [3.8, 4) is 0 Å². The number of aliphatic carboxylic acids is 1. The third kappa shape index (κ3) is 3.86. The van der Waals surface area contributed by atoms with E-state index in [9.17, 15) is 23.1 Å². The third-order valence-corrected chi connectivity index (χ3v) is 5.83. The Kier molecular flexibility index (Phi) is 5.07. The van der Waals surface area contributed by atoms with Crippen molar-refractivity contribution in [2.75, 3.05) is 0 Å². The molecular weight excluding hydrogens is 403 g/mol. The zero-order chi connectivity index (χ0) is 20.8. The summed E-state index contributed by atoms with van der Waals surface area (Å²) >= 11 is 5.97. The van der Waals surface area contributed by atoms with Gasteiger partial charge in [-0.25, -0.2) is 0 Å². The Bertz CT molecular complexity index is 1070. The van der Waals surface area contributed by atoms with Crippen molar-refractivity contribution in [1.82, 2.24) is 4.57 Å². The molecule has 7 heteroatoms. The number of halogens is 4. The van der Waals surface area contributed by atoms with Crippen LogP contribution in [0.15, 0.2) is 42.5 Å². The lowest BCUT2D eigenvalue weighted by Gasteiger charge is -2.24. The van der Waals surface area contributed by atoms with Gasteiger partial charge in [-0.05, 0) is 60.7 Å². The van der Waals surface area contributed by atoms with Gasteiger partial charge in [0.15, 0.2) is 0 Å². The molecule has 2 aromatic carbocycles. The van der Waals surface area contributed by atoms with Crippen molar-refractivity contribution in [2.45, 2.75) is 44.3 Å². The number of carbonyl (C=O) groups is 1. The molecule has 152 valence electrons. The van der Waals surface area contributed by atoms with Gasteiger partial charge in [0.25, 0.3) is 0 Å².